The van der Waals surface area contributed by atoms with Crippen LogP contribution in [0.4, 0.5) is 0 Å². The first kappa shape index (κ1) is 12.8. The second kappa shape index (κ2) is 5.82. The maximum Gasteiger partial charge on any atom is 0.142 e. The third-order valence-corrected chi connectivity index (χ3v) is 2.97. The zero-order valence-corrected chi connectivity index (χ0v) is 10.7. The lowest BCUT2D eigenvalue weighted by Crippen LogP contribution is -2.29. The van der Waals surface area contributed by atoms with Gasteiger partial charge in [0.15, 0.2) is 0 Å². The van der Waals surface area contributed by atoms with Gasteiger partial charge >= 0.3 is 0 Å². The molecule has 0 spiro atoms. The Balaban J connectivity index is 2.41. The van der Waals surface area contributed by atoms with Gasteiger partial charge < -0.3 is 4.74 Å². The number of methoxy groups -OCH3 is 1. The topological polar surface area (TPSA) is 60.2 Å². The van der Waals surface area contributed by atoms with Gasteiger partial charge in [-0.1, -0.05) is 23.7 Å². The Hall–Kier alpha value is -1.62. The number of pyridine rings is 1. The number of nitrogens with one attached hydrogen (secondary N) is 1. The first-order valence-corrected chi connectivity index (χ1v) is 5.83. The van der Waals surface area contributed by atoms with Gasteiger partial charge in [-0.25, -0.2) is 5.43 Å². The molecule has 1 aromatic carbocycles. The van der Waals surface area contributed by atoms with Crippen molar-refractivity contribution in [3.8, 4) is 5.75 Å². The summed E-state index contributed by atoms with van der Waals surface area (Å²) in [7, 11) is 1.61. The Labute approximate surface area is 111 Å². The molecule has 18 heavy (non-hydrogen) atoms. The number of benzene rings is 1. The number of hydrazine groups is 1. The predicted molar refractivity (Wildman–Crippen MR) is 71.4 cm³/mol. The minimum atomic E-state index is -0.166. The molecule has 0 fully saturated rings. The average molecular weight is 264 g/mol. The van der Waals surface area contributed by atoms with E-state index in [4.69, 9.17) is 22.2 Å². The van der Waals surface area contributed by atoms with Gasteiger partial charge in [-0.2, -0.15) is 0 Å². The highest BCUT2D eigenvalue weighted by Gasteiger charge is 2.16. The van der Waals surface area contributed by atoms with Gasteiger partial charge in [0.25, 0.3) is 0 Å². The molecule has 0 amide bonds. The largest absolute Gasteiger partial charge is 0.495 e. The minimum absolute atomic E-state index is 0.166. The summed E-state index contributed by atoms with van der Waals surface area (Å²) in [6, 6.07) is 9.21. The maximum atomic E-state index is 5.88. The van der Waals surface area contributed by atoms with Gasteiger partial charge in [-0.05, 0) is 23.8 Å². The zero-order valence-electron chi connectivity index (χ0n) is 9.93. The normalized spacial score (nSPS) is 12.2. The second-order valence-electron chi connectivity index (χ2n) is 3.77. The van der Waals surface area contributed by atoms with Crippen LogP contribution in [0.2, 0.25) is 5.02 Å². The lowest BCUT2D eigenvalue weighted by atomic mass is 10.00. The fraction of sp³-hybridized carbons (Fsp3) is 0.154. The van der Waals surface area contributed by atoms with Gasteiger partial charge in [0.05, 0.1) is 19.3 Å². The van der Waals surface area contributed by atoms with Crippen LogP contribution in [0.1, 0.15) is 17.2 Å². The molecule has 2 aromatic rings. The highest BCUT2D eigenvalue weighted by Crippen LogP contribution is 2.29. The van der Waals surface area contributed by atoms with Crippen LogP contribution in [-0.4, -0.2) is 12.1 Å². The summed E-state index contributed by atoms with van der Waals surface area (Å²) in [4.78, 5) is 4.03. The summed E-state index contributed by atoms with van der Waals surface area (Å²) in [6.07, 6.45) is 3.37. The Kier molecular flexibility index (Phi) is 4.15. The number of hydrogen-bond donors (Lipinski definition) is 2. The van der Waals surface area contributed by atoms with Crippen molar-refractivity contribution in [1.29, 1.82) is 0 Å². The Morgan fingerprint density at radius 3 is 2.61 bits per heavy atom. The molecule has 1 heterocycles. The minimum Gasteiger partial charge on any atom is -0.495 e. The molecular weight excluding hydrogens is 250 g/mol. The Bertz CT molecular complexity index is 516. The van der Waals surface area contributed by atoms with Crippen LogP contribution in [0.5, 0.6) is 5.75 Å². The standard InChI is InChI=1S/C13H14ClN3O/c1-18-12-8-16-7-6-11(12)13(17-15)9-2-4-10(14)5-3-9/h2-8,13,17H,15H2,1H3. The number of nitrogens with zero attached hydrogens (tertiary/aromatic N) is 1. The monoisotopic (exact) mass is 263 g/mol. The molecule has 2 rings (SSSR count). The fourth-order valence-electron chi connectivity index (χ4n) is 1.82. The molecule has 0 saturated heterocycles. The van der Waals surface area contributed by atoms with E-state index in [0.29, 0.717) is 10.8 Å². The molecule has 0 radical (unpaired) electrons. The fourth-order valence-corrected chi connectivity index (χ4v) is 1.95. The van der Waals surface area contributed by atoms with Crippen LogP contribution in [0.3, 0.4) is 0 Å². The first-order valence-electron chi connectivity index (χ1n) is 5.45. The molecule has 0 aliphatic rings. The van der Waals surface area contributed by atoms with E-state index >= 15 is 0 Å². The number of rotatable bonds is 4. The SMILES string of the molecule is COc1cnccc1C(NN)c1ccc(Cl)cc1. The van der Waals surface area contributed by atoms with Gasteiger partial charge in [-0.3, -0.25) is 10.8 Å². The average Bonchev–Trinajstić information content (AvgIpc) is 2.42. The quantitative estimate of drug-likeness (QED) is 0.656. The van der Waals surface area contributed by atoms with E-state index in [9.17, 15) is 0 Å². The molecule has 3 N–H and O–H groups in total. The van der Waals surface area contributed by atoms with Crippen molar-refractivity contribution in [1.82, 2.24) is 10.4 Å². The van der Waals surface area contributed by atoms with Crippen LogP contribution in [0.15, 0.2) is 42.7 Å². The van der Waals surface area contributed by atoms with E-state index in [2.05, 4.69) is 10.4 Å². The summed E-state index contributed by atoms with van der Waals surface area (Å²) >= 11 is 5.88. The molecular formula is C13H14ClN3O. The van der Waals surface area contributed by atoms with Crippen molar-refractivity contribution < 1.29 is 4.74 Å². The highest BCUT2D eigenvalue weighted by atomic mass is 35.5. The third-order valence-electron chi connectivity index (χ3n) is 2.72. The van der Waals surface area contributed by atoms with Crippen LogP contribution < -0.4 is 16.0 Å². The number of ether oxygens (including phenoxy) is 1. The van der Waals surface area contributed by atoms with E-state index < -0.39 is 0 Å². The second-order valence-corrected chi connectivity index (χ2v) is 4.21. The molecule has 0 aliphatic carbocycles. The lowest BCUT2D eigenvalue weighted by Gasteiger charge is -2.19. The Morgan fingerprint density at radius 1 is 1.28 bits per heavy atom. The first-order chi connectivity index (χ1) is 8.76. The molecule has 94 valence electrons. The maximum absolute atomic E-state index is 5.88. The zero-order chi connectivity index (χ0) is 13.0. The van der Waals surface area contributed by atoms with Crippen LogP contribution in [0, 0.1) is 0 Å². The van der Waals surface area contributed by atoms with E-state index in [0.717, 1.165) is 11.1 Å². The molecule has 1 atom stereocenters. The van der Waals surface area contributed by atoms with Crippen LogP contribution >= 0.6 is 11.6 Å². The van der Waals surface area contributed by atoms with Crippen molar-refractivity contribution in [2.45, 2.75) is 6.04 Å². The van der Waals surface area contributed by atoms with Crippen molar-refractivity contribution in [3.05, 3.63) is 58.9 Å². The van der Waals surface area contributed by atoms with E-state index in [1.165, 1.54) is 0 Å². The van der Waals surface area contributed by atoms with Gasteiger partial charge in [0.1, 0.15) is 5.75 Å². The molecule has 0 aliphatic heterocycles. The van der Waals surface area contributed by atoms with Crippen molar-refractivity contribution >= 4 is 11.6 Å². The number of halogens is 1. The van der Waals surface area contributed by atoms with E-state index in [-0.39, 0.29) is 6.04 Å². The summed E-state index contributed by atoms with van der Waals surface area (Å²) < 4.78 is 5.29. The summed E-state index contributed by atoms with van der Waals surface area (Å²) in [6.45, 7) is 0. The summed E-state index contributed by atoms with van der Waals surface area (Å²) in [5, 5.41) is 0.691. The Morgan fingerprint density at radius 2 is 2.00 bits per heavy atom. The van der Waals surface area contributed by atoms with Crippen molar-refractivity contribution in [3.63, 3.8) is 0 Å². The summed E-state index contributed by atoms with van der Waals surface area (Å²) in [5.74, 6) is 6.33. The molecule has 0 bridgehead atoms. The van der Waals surface area contributed by atoms with E-state index in [1.54, 1.807) is 19.5 Å². The smallest absolute Gasteiger partial charge is 0.142 e. The van der Waals surface area contributed by atoms with Crippen LogP contribution in [-0.2, 0) is 0 Å². The van der Waals surface area contributed by atoms with Gasteiger partial charge in [-0.15, -0.1) is 0 Å². The molecule has 1 aromatic heterocycles. The predicted octanol–water partition coefficient (Wildman–Crippen LogP) is 2.30. The van der Waals surface area contributed by atoms with E-state index in [1.807, 2.05) is 30.3 Å². The van der Waals surface area contributed by atoms with Gasteiger partial charge in [0, 0.05) is 16.8 Å². The number of aromatic nitrogens is 1. The van der Waals surface area contributed by atoms with Crippen LogP contribution in [0.25, 0.3) is 0 Å². The molecule has 5 heteroatoms. The number of nitrogens with two attached hydrogens (primary N) is 1. The molecule has 1 unspecified atom stereocenters. The molecule has 4 nitrogen and oxygen atoms in total. The molecule has 0 saturated carbocycles. The number of hydrogen-bond acceptors (Lipinski definition) is 4. The third kappa shape index (κ3) is 2.61. The van der Waals surface area contributed by atoms with Crippen molar-refractivity contribution in [2.24, 2.45) is 5.84 Å². The van der Waals surface area contributed by atoms with Gasteiger partial charge in [0.2, 0.25) is 0 Å². The van der Waals surface area contributed by atoms with Crippen molar-refractivity contribution in [2.75, 3.05) is 7.11 Å². The highest BCUT2D eigenvalue weighted by molar-refractivity contribution is 6.30. The lowest BCUT2D eigenvalue weighted by molar-refractivity contribution is 0.402. The summed E-state index contributed by atoms with van der Waals surface area (Å²) in [5.41, 5.74) is 4.71.